The van der Waals surface area contributed by atoms with Crippen LogP contribution < -0.4 is 0 Å². The largest absolute Gasteiger partial charge is 0.395 e. The molecule has 0 bridgehead atoms. The van der Waals surface area contributed by atoms with Gasteiger partial charge in [0.25, 0.3) is 0 Å². The lowest BCUT2D eigenvalue weighted by atomic mass is 10.1. The average molecular weight is 314 g/mol. The molecule has 4 nitrogen and oxygen atoms in total. The van der Waals surface area contributed by atoms with Crippen LogP contribution in [-0.2, 0) is 20.1 Å². The highest BCUT2D eigenvalue weighted by atomic mass is 35.5. The predicted octanol–water partition coefficient (Wildman–Crippen LogP) is 2.91. The monoisotopic (exact) mass is 313 g/mol. The van der Waals surface area contributed by atoms with Crippen molar-refractivity contribution in [3.05, 3.63) is 39.3 Å². The first-order valence-corrected chi connectivity index (χ1v) is 8.00. The molecule has 0 amide bonds. The zero-order chi connectivity index (χ0) is 14.5. The van der Waals surface area contributed by atoms with Crippen molar-refractivity contribution in [3.63, 3.8) is 0 Å². The lowest BCUT2D eigenvalue weighted by molar-refractivity contribution is 0.105. The zero-order valence-corrected chi connectivity index (χ0v) is 13.4. The number of rotatable bonds is 7. The highest BCUT2D eigenvalue weighted by molar-refractivity contribution is 7.07. The summed E-state index contributed by atoms with van der Waals surface area (Å²) in [5, 5.41) is 18.9. The molecule has 0 fully saturated rings. The molecule has 0 spiro atoms. The van der Waals surface area contributed by atoms with Gasteiger partial charge in [-0.2, -0.15) is 16.4 Å². The van der Waals surface area contributed by atoms with Crippen molar-refractivity contribution in [2.75, 3.05) is 6.61 Å². The van der Waals surface area contributed by atoms with Gasteiger partial charge in [-0.3, -0.25) is 9.58 Å². The summed E-state index contributed by atoms with van der Waals surface area (Å²) < 4.78 is 1.72. The van der Waals surface area contributed by atoms with Crippen LogP contribution in [0.25, 0.3) is 0 Å². The van der Waals surface area contributed by atoms with Gasteiger partial charge >= 0.3 is 0 Å². The van der Waals surface area contributed by atoms with E-state index in [1.165, 1.54) is 5.56 Å². The zero-order valence-electron chi connectivity index (χ0n) is 11.8. The van der Waals surface area contributed by atoms with Crippen LogP contribution >= 0.6 is 22.9 Å². The van der Waals surface area contributed by atoms with Crippen molar-refractivity contribution in [2.24, 2.45) is 7.05 Å². The SMILES string of the molecule is CCC(CO)N(Cc1ccsc1)Cc1nn(C)cc1Cl. The van der Waals surface area contributed by atoms with E-state index in [9.17, 15) is 5.11 Å². The van der Waals surface area contributed by atoms with Crippen molar-refractivity contribution in [1.29, 1.82) is 0 Å². The Balaban J connectivity index is 2.15. The van der Waals surface area contributed by atoms with Crippen LogP contribution in [0.2, 0.25) is 5.02 Å². The molecule has 6 heteroatoms. The molecular formula is C14H20ClN3OS. The van der Waals surface area contributed by atoms with Crippen LogP contribution in [0.3, 0.4) is 0 Å². The first-order valence-electron chi connectivity index (χ1n) is 6.68. The van der Waals surface area contributed by atoms with Crippen LogP contribution in [0.1, 0.15) is 24.6 Å². The maximum atomic E-state index is 9.58. The third-order valence-electron chi connectivity index (χ3n) is 3.37. The van der Waals surface area contributed by atoms with Gasteiger partial charge in [-0.15, -0.1) is 0 Å². The van der Waals surface area contributed by atoms with Crippen LogP contribution in [0.4, 0.5) is 0 Å². The fourth-order valence-corrected chi connectivity index (χ4v) is 3.14. The minimum absolute atomic E-state index is 0.118. The summed E-state index contributed by atoms with van der Waals surface area (Å²) in [6.45, 7) is 3.68. The number of halogens is 1. The molecule has 1 atom stereocenters. The summed E-state index contributed by atoms with van der Waals surface area (Å²) in [7, 11) is 1.86. The first-order chi connectivity index (χ1) is 9.63. The first kappa shape index (κ1) is 15.5. The summed E-state index contributed by atoms with van der Waals surface area (Å²) in [5.74, 6) is 0. The normalized spacial score (nSPS) is 13.1. The molecule has 0 aliphatic heterocycles. The summed E-state index contributed by atoms with van der Waals surface area (Å²) >= 11 is 7.88. The third-order valence-corrected chi connectivity index (χ3v) is 4.42. The highest BCUT2D eigenvalue weighted by Gasteiger charge is 2.19. The Kier molecular flexibility index (Phi) is 5.60. The summed E-state index contributed by atoms with van der Waals surface area (Å²) in [4.78, 5) is 2.23. The van der Waals surface area contributed by atoms with E-state index in [0.717, 1.165) is 18.7 Å². The van der Waals surface area contributed by atoms with Gasteiger partial charge in [-0.1, -0.05) is 18.5 Å². The number of aliphatic hydroxyl groups is 1. The molecule has 0 aliphatic carbocycles. The summed E-state index contributed by atoms with van der Waals surface area (Å²) in [6, 6.07) is 2.23. The molecule has 0 saturated carbocycles. The van der Waals surface area contributed by atoms with E-state index in [0.29, 0.717) is 11.6 Å². The minimum atomic E-state index is 0.118. The molecule has 0 aliphatic rings. The molecule has 2 aromatic rings. The minimum Gasteiger partial charge on any atom is -0.395 e. The van der Waals surface area contributed by atoms with E-state index in [2.05, 4.69) is 33.7 Å². The van der Waals surface area contributed by atoms with E-state index < -0.39 is 0 Å². The number of nitrogens with zero attached hydrogens (tertiary/aromatic N) is 3. The van der Waals surface area contributed by atoms with E-state index in [1.807, 2.05) is 7.05 Å². The molecule has 2 heterocycles. The maximum absolute atomic E-state index is 9.58. The molecule has 0 radical (unpaired) electrons. The Morgan fingerprint density at radius 3 is 2.80 bits per heavy atom. The van der Waals surface area contributed by atoms with Gasteiger partial charge in [0.2, 0.25) is 0 Å². The molecule has 110 valence electrons. The second-order valence-electron chi connectivity index (χ2n) is 4.88. The van der Waals surface area contributed by atoms with Crippen molar-refractivity contribution >= 4 is 22.9 Å². The number of thiophene rings is 1. The number of aliphatic hydroxyl groups excluding tert-OH is 1. The molecule has 0 saturated heterocycles. The fraction of sp³-hybridized carbons (Fsp3) is 0.500. The molecule has 1 unspecified atom stereocenters. The lowest BCUT2D eigenvalue weighted by Crippen LogP contribution is -2.36. The van der Waals surface area contributed by atoms with Gasteiger partial charge < -0.3 is 5.11 Å². The van der Waals surface area contributed by atoms with Gasteiger partial charge in [-0.25, -0.2) is 0 Å². The molecule has 20 heavy (non-hydrogen) atoms. The lowest BCUT2D eigenvalue weighted by Gasteiger charge is -2.29. The smallest absolute Gasteiger partial charge is 0.0950 e. The predicted molar refractivity (Wildman–Crippen MR) is 82.9 cm³/mol. The van der Waals surface area contributed by atoms with Gasteiger partial charge in [0, 0.05) is 32.4 Å². The number of hydrogen-bond acceptors (Lipinski definition) is 4. The Labute approximate surface area is 128 Å². The van der Waals surface area contributed by atoms with Crippen LogP contribution in [0.15, 0.2) is 23.0 Å². The highest BCUT2D eigenvalue weighted by Crippen LogP contribution is 2.20. The molecule has 0 aromatic carbocycles. The van der Waals surface area contributed by atoms with Gasteiger partial charge in [0.15, 0.2) is 0 Å². The Bertz CT molecular complexity index is 523. The molecular weight excluding hydrogens is 294 g/mol. The standard InChI is InChI=1S/C14H20ClN3OS/c1-3-12(9-19)18(6-11-4-5-20-10-11)8-14-13(15)7-17(2)16-14/h4-5,7,10,12,19H,3,6,8-9H2,1-2H3. The Morgan fingerprint density at radius 1 is 1.50 bits per heavy atom. The second kappa shape index (κ2) is 7.22. The molecule has 2 rings (SSSR count). The van der Waals surface area contributed by atoms with Crippen molar-refractivity contribution in [3.8, 4) is 0 Å². The van der Waals surface area contributed by atoms with Gasteiger partial charge in [0.05, 0.1) is 17.3 Å². The van der Waals surface area contributed by atoms with Crippen molar-refractivity contribution < 1.29 is 5.11 Å². The van der Waals surface area contributed by atoms with Gasteiger partial charge in [-0.05, 0) is 28.8 Å². The quantitative estimate of drug-likeness (QED) is 0.854. The summed E-state index contributed by atoms with van der Waals surface area (Å²) in [5.41, 5.74) is 2.12. The van der Waals surface area contributed by atoms with Gasteiger partial charge in [0.1, 0.15) is 0 Å². The Hall–Kier alpha value is -0.880. The number of aryl methyl sites for hydroxylation is 1. The van der Waals surface area contributed by atoms with E-state index in [4.69, 9.17) is 11.6 Å². The van der Waals surface area contributed by atoms with Crippen LogP contribution in [0, 0.1) is 0 Å². The Morgan fingerprint density at radius 2 is 2.30 bits per heavy atom. The third kappa shape index (κ3) is 3.82. The molecule has 2 aromatic heterocycles. The number of aromatic nitrogens is 2. The van der Waals surface area contributed by atoms with E-state index in [1.54, 1.807) is 22.2 Å². The fourth-order valence-electron chi connectivity index (χ4n) is 2.24. The maximum Gasteiger partial charge on any atom is 0.0950 e. The van der Waals surface area contributed by atoms with E-state index >= 15 is 0 Å². The summed E-state index contributed by atoms with van der Waals surface area (Å²) in [6.07, 6.45) is 2.70. The van der Waals surface area contributed by atoms with Crippen LogP contribution in [-0.4, -0.2) is 32.4 Å². The average Bonchev–Trinajstić information content (AvgIpc) is 3.01. The molecule has 1 N–H and O–H groups in total. The second-order valence-corrected chi connectivity index (χ2v) is 6.07. The van der Waals surface area contributed by atoms with E-state index in [-0.39, 0.29) is 12.6 Å². The number of hydrogen-bond donors (Lipinski definition) is 1. The topological polar surface area (TPSA) is 41.3 Å². The van der Waals surface area contributed by atoms with Crippen molar-refractivity contribution in [1.82, 2.24) is 14.7 Å². The van der Waals surface area contributed by atoms with Crippen molar-refractivity contribution in [2.45, 2.75) is 32.5 Å². The van der Waals surface area contributed by atoms with Crippen LogP contribution in [0.5, 0.6) is 0 Å².